The highest BCUT2D eigenvalue weighted by atomic mass is 16.3. The van der Waals surface area contributed by atoms with E-state index in [0.717, 1.165) is 38.5 Å². The van der Waals surface area contributed by atoms with Crippen LogP contribution in [-0.2, 0) is 4.79 Å². The van der Waals surface area contributed by atoms with E-state index < -0.39 is 18.3 Å². The van der Waals surface area contributed by atoms with Crippen LogP contribution in [0.3, 0.4) is 0 Å². The Kier molecular flexibility index (Phi) is 13.1. The van der Waals surface area contributed by atoms with E-state index in [2.05, 4.69) is 12.2 Å². The molecule has 0 aliphatic heterocycles. The summed E-state index contributed by atoms with van der Waals surface area (Å²) in [5, 5.41) is 41.8. The molecule has 0 aromatic rings. The monoisotopic (exact) mass is 397 g/mol. The Morgan fingerprint density at radius 2 is 1.96 bits per heavy atom. The lowest BCUT2D eigenvalue weighted by atomic mass is 9.89. The third kappa shape index (κ3) is 9.82. The number of carbonyl (C=O) groups excluding carboxylic acids is 1. The quantitative estimate of drug-likeness (QED) is 0.228. The minimum atomic E-state index is -0.581. The smallest absolute Gasteiger partial charge is 0.220 e. The topological polar surface area (TPSA) is 110 Å². The Balaban J connectivity index is 2.39. The number of unbranched alkanes of at least 4 members (excludes halogenated alkanes) is 3. The number of nitrogens with one attached hydrogen (secondary N) is 1. The van der Waals surface area contributed by atoms with Gasteiger partial charge in [-0.05, 0) is 31.6 Å². The van der Waals surface area contributed by atoms with Crippen LogP contribution < -0.4 is 5.32 Å². The fourth-order valence-electron chi connectivity index (χ4n) is 3.70. The standard InChI is InChI=1S/C22H39NO5/c1-2-3-6-9-17(25)12-13-19-18(20(26)16-21(19)27)10-7-4-5-8-11-22(28)23-14-15-24/h4,7,12-13,17-21,24-27H,2-3,5-6,8-11,14-16H2,1H3,(H,23,28)/b7-4+,13-12?/t17-,18+,19+,20-,21+/m0/s1. The predicted molar refractivity (Wildman–Crippen MR) is 111 cm³/mol. The summed E-state index contributed by atoms with van der Waals surface area (Å²) in [6, 6.07) is 0. The van der Waals surface area contributed by atoms with Crippen LogP contribution in [0, 0.1) is 11.8 Å². The summed E-state index contributed by atoms with van der Waals surface area (Å²) in [7, 11) is 0. The average Bonchev–Trinajstić information content (AvgIpc) is 2.94. The molecule has 0 saturated heterocycles. The predicted octanol–water partition coefficient (Wildman–Crippen LogP) is 2.07. The minimum Gasteiger partial charge on any atom is -0.395 e. The molecule has 0 heterocycles. The minimum absolute atomic E-state index is 0.0490. The van der Waals surface area contributed by atoms with Crippen molar-refractivity contribution in [2.45, 2.75) is 83.0 Å². The number of amides is 1. The Bertz CT molecular complexity index is 480. The molecule has 0 bridgehead atoms. The third-order valence-electron chi connectivity index (χ3n) is 5.36. The first-order chi connectivity index (χ1) is 13.5. The van der Waals surface area contributed by atoms with Gasteiger partial charge >= 0.3 is 0 Å². The van der Waals surface area contributed by atoms with Gasteiger partial charge in [-0.1, -0.05) is 50.5 Å². The van der Waals surface area contributed by atoms with Crippen LogP contribution in [0.5, 0.6) is 0 Å². The van der Waals surface area contributed by atoms with Crippen LogP contribution in [-0.4, -0.2) is 57.8 Å². The van der Waals surface area contributed by atoms with Gasteiger partial charge in [0.2, 0.25) is 5.91 Å². The largest absolute Gasteiger partial charge is 0.395 e. The van der Waals surface area contributed by atoms with Gasteiger partial charge in [-0.25, -0.2) is 0 Å². The summed E-state index contributed by atoms with van der Waals surface area (Å²) in [5.41, 5.74) is 0. The summed E-state index contributed by atoms with van der Waals surface area (Å²) in [6.45, 7) is 2.37. The molecule has 6 heteroatoms. The molecule has 0 radical (unpaired) electrons. The zero-order chi connectivity index (χ0) is 20.8. The number of hydrogen-bond donors (Lipinski definition) is 5. The van der Waals surface area contributed by atoms with Crippen molar-refractivity contribution in [3.05, 3.63) is 24.3 Å². The summed E-state index contributed by atoms with van der Waals surface area (Å²) >= 11 is 0. The van der Waals surface area contributed by atoms with E-state index in [0.29, 0.717) is 25.8 Å². The Hall–Kier alpha value is -1.21. The molecule has 0 spiro atoms. The van der Waals surface area contributed by atoms with E-state index >= 15 is 0 Å². The van der Waals surface area contributed by atoms with Gasteiger partial charge in [0.1, 0.15) is 0 Å². The van der Waals surface area contributed by atoms with Crippen molar-refractivity contribution < 1.29 is 25.2 Å². The van der Waals surface area contributed by atoms with E-state index in [1.54, 1.807) is 6.08 Å². The highest BCUT2D eigenvalue weighted by Gasteiger charge is 2.39. The van der Waals surface area contributed by atoms with E-state index in [4.69, 9.17) is 5.11 Å². The maximum Gasteiger partial charge on any atom is 0.220 e. The first-order valence-electron chi connectivity index (χ1n) is 10.7. The third-order valence-corrected chi connectivity index (χ3v) is 5.36. The number of aliphatic hydroxyl groups excluding tert-OH is 4. The van der Waals surface area contributed by atoms with Gasteiger partial charge in [-0.3, -0.25) is 4.79 Å². The van der Waals surface area contributed by atoms with Crippen molar-refractivity contribution >= 4 is 5.91 Å². The molecule has 0 unspecified atom stereocenters. The number of allylic oxidation sites excluding steroid dienone is 2. The number of carbonyl (C=O) groups is 1. The molecule has 5 N–H and O–H groups in total. The van der Waals surface area contributed by atoms with E-state index in [1.807, 2.05) is 18.2 Å². The summed E-state index contributed by atoms with van der Waals surface area (Å²) in [6.07, 6.45) is 12.9. The normalized spacial score (nSPS) is 26.3. The van der Waals surface area contributed by atoms with Gasteiger partial charge in [-0.15, -0.1) is 0 Å². The highest BCUT2D eigenvalue weighted by molar-refractivity contribution is 5.75. The maximum atomic E-state index is 11.4. The summed E-state index contributed by atoms with van der Waals surface area (Å²) in [5.74, 6) is -0.262. The second-order valence-corrected chi connectivity index (χ2v) is 7.73. The summed E-state index contributed by atoms with van der Waals surface area (Å²) < 4.78 is 0. The first-order valence-corrected chi connectivity index (χ1v) is 10.7. The van der Waals surface area contributed by atoms with Crippen LogP contribution in [0.15, 0.2) is 24.3 Å². The molecular weight excluding hydrogens is 358 g/mol. The molecule has 5 atom stereocenters. The van der Waals surface area contributed by atoms with Crippen LogP contribution in [0.4, 0.5) is 0 Å². The molecule has 28 heavy (non-hydrogen) atoms. The van der Waals surface area contributed by atoms with Gasteiger partial charge in [0.05, 0.1) is 24.9 Å². The molecule has 1 rings (SSSR count). The Morgan fingerprint density at radius 3 is 2.68 bits per heavy atom. The number of aliphatic hydroxyl groups is 4. The Morgan fingerprint density at radius 1 is 1.18 bits per heavy atom. The maximum absolute atomic E-state index is 11.4. The molecule has 1 amide bonds. The number of hydrogen-bond acceptors (Lipinski definition) is 5. The van der Waals surface area contributed by atoms with Crippen LogP contribution in [0.1, 0.15) is 64.7 Å². The van der Waals surface area contributed by atoms with Gasteiger partial charge in [-0.2, -0.15) is 0 Å². The van der Waals surface area contributed by atoms with Crippen LogP contribution in [0.25, 0.3) is 0 Å². The van der Waals surface area contributed by atoms with Gasteiger partial charge in [0.15, 0.2) is 0 Å². The van der Waals surface area contributed by atoms with Crippen molar-refractivity contribution in [3.8, 4) is 0 Å². The number of rotatable bonds is 14. The van der Waals surface area contributed by atoms with Gasteiger partial charge in [0, 0.05) is 25.3 Å². The molecular formula is C22H39NO5. The lowest BCUT2D eigenvalue weighted by Crippen LogP contribution is -2.25. The zero-order valence-corrected chi connectivity index (χ0v) is 17.2. The molecule has 6 nitrogen and oxygen atoms in total. The molecule has 162 valence electrons. The van der Waals surface area contributed by atoms with Crippen molar-refractivity contribution in [1.82, 2.24) is 5.32 Å². The summed E-state index contributed by atoms with van der Waals surface area (Å²) in [4.78, 5) is 11.4. The van der Waals surface area contributed by atoms with Crippen molar-refractivity contribution in [1.29, 1.82) is 0 Å². The highest BCUT2D eigenvalue weighted by Crippen LogP contribution is 2.36. The molecule has 1 aliphatic carbocycles. The fraction of sp³-hybridized carbons (Fsp3) is 0.773. The van der Waals surface area contributed by atoms with E-state index in [1.165, 1.54) is 0 Å². The SMILES string of the molecule is CCCCC[C@H](O)C=C[C@@H]1[C@@H](C/C=C/CCCC(=O)NCCO)[C@@H](O)C[C@H]1O. The second kappa shape index (κ2) is 14.7. The van der Waals surface area contributed by atoms with E-state index in [9.17, 15) is 20.1 Å². The lowest BCUT2D eigenvalue weighted by Gasteiger charge is -2.19. The second-order valence-electron chi connectivity index (χ2n) is 7.73. The van der Waals surface area contributed by atoms with Crippen LogP contribution in [0.2, 0.25) is 0 Å². The fourth-order valence-corrected chi connectivity index (χ4v) is 3.70. The molecule has 0 aromatic carbocycles. The van der Waals surface area contributed by atoms with Gasteiger partial charge in [0.25, 0.3) is 0 Å². The lowest BCUT2D eigenvalue weighted by molar-refractivity contribution is -0.121. The molecule has 1 saturated carbocycles. The molecule has 0 aromatic heterocycles. The molecule has 1 fully saturated rings. The Labute approximate surface area is 169 Å². The van der Waals surface area contributed by atoms with E-state index in [-0.39, 0.29) is 24.3 Å². The zero-order valence-electron chi connectivity index (χ0n) is 17.2. The van der Waals surface area contributed by atoms with Crippen molar-refractivity contribution in [2.75, 3.05) is 13.2 Å². The van der Waals surface area contributed by atoms with Crippen molar-refractivity contribution in [2.24, 2.45) is 11.8 Å². The average molecular weight is 398 g/mol. The van der Waals surface area contributed by atoms with Gasteiger partial charge < -0.3 is 25.7 Å². The van der Waals surface area contributed by atoms with Crippen molar-refractivity contribution in [3.63, 3.8) is 0 Å². The van der Waals surface area contributed by atoms with Crippen LogP contribution >= 0.6 is 0 Å². The molecule has 1 aliphatic rings. The first kappa shape index (κ1) is 24.8.